The maximum absolute atomic E-state index is 12.7. The summed E-state index contributed by atoms with van der Waals surface area (Å²) in [4.78, 5) is 28.9. The van der Waals surface area contributed by atoms with E-state index in [1.54, 1.807) is 36.4 Å². The van der Waals surface area contributed by atoms with Gasteiger partial charge in [-0.2, -0.15) is 15.1 Å². The number of methoxy groups -OCH3 is 1. The van der Waals surface area contributed by atoms with E-state index < -0.39 is 11.9 Å². The number of rotatable bonds is 4. The summed E-state index contributed by atoms with van der Waals surface area (Å²) in [5.74, 6) is -0.333. The minimum Gasteiger partial charge on any atom is -0.465 e. The van der Waals surface area contributed by atoms with Crippen LogP contribution in [-0.4, -0.2) is 40.0 Å². The van der Waals surface area contributed by atoms with Crippen molar-refractivity contribution in [3.8, 4) is 11.3 Å². The first-order valence-electron chi connectivity index (χ1n) is 10.3. The van der Waals surface area contributed by atoms with Crippen molar-refractivity contribution < 1.29 is 18.7 Å². The van der Waals surface area contributed by atoms with E-state index in [1.807, 2.05) is 31.2 Å². The van der Waals surface area contributed by atoms with Crippen molar-refractivity contribution in [2.24, 2.45) is 10.1 Å². The van der Waals surface area contributed by atoms with E-state index in [0.717, 1.165) is 11.1 Å². The van der Waals surface area contributed by atoms with Gasteiger partial charge < -0.3 is 9.15 Å². The number of nitrogens with one attached hydrogen (secondary N) is 1. The second kappa shape index (κ2) is 8.60. The zero-order chi connectivity index (χ0) is 23.8. The average molecular weight is 471 g/mol. The lowest BCUT2D eigenvalue weighted by Crippen LogP contribution is -2.35. The number of carbonyl (C=O) groups is 2. The van der Waals surface area contributed by atoms with Gasteiger partial charge in [0.15, 0.2) is 5.84 Å². The maximum Gasteiger partial charge on any atom is 0.338 e. The number of amidine groups is 2. The monoisotopic (exact) mass is 470 g/mol. The van der Waals surface area contributed by atoms with E-state index in [4.69, 9.17) is 14.6 Å². The summed E-state index contributed by atoms with van der Waals surface area (Å²) < 4.78 is 10.7. The largest absolute Gasteiger partial charge is 0.465 e. The molecule has 0 radical (unpaired) electrons. The van der Waals surface area contributed by atoms with E-state index in [-0.39, 0.29) is 11.4 Å². The van der Waals surface area contributed by atoms with Crippen LogP contribution in [0.4, 0.5) is 0 Å². The van der Waals surface area contributed by atoms with Crippen LogP contribution in [0.2, 0.25) is 0 Å². The van der Waals surface area contributed by atoms with Gasteiger partial charge in [-0.1, -0.05) is 48.0 Å². The van der Waals surface area contributed by atoms with Gasteiger partial charge in [-0.25, -0.2) is 4.79 Å². The Kier molecular flexibility index (Phi) is 5.46. The highest BCUT2D eigenvalue weighted by Gasteiger charge is 2.36. The third-order valence-electron chi connectivity index (χ3n) is 5.26. The van der Waals surface area contributed by atoms with Gasteiger partial charge in [0.25, 0.3) is 5.91 Å². The van der Waals surface area contributed by atoms with E-state index in [0.29, 0.717) is 32.9 Å². The number of aliphatic imine (C=N–C) groups is 1. The molecule has 0 atom stereocenters. The normalized spacial score (nSPS) is 16.4. The molecule has 5 rings (SSSR count). The maximum atomic E-state index is 12.7. The predicted octanol–water partition coefficient (Wildman–Crippen LogP) is 4.71. The van der Waals surface area contributed by atoms with E-state index in [2.05, 4.69) is 10.1 Å². The number of carbonyl (C=O) groups excluding carboxylic acids is 2. The van der Waals surface area contributed by atoms with Gasteiger partial charge in [-0.05, 0) is 43.0 Å². The minimum absolute atomic E-state index is 0.0559. The molecule has 0 saturated carbocycles. The van der Waals surface area contributed by atoms with Crippen LogP contribution in [0.15, 0.2) is 80.7 Å². The molecule has 2 aliphatic heterocycles. The Morgan fingerprint density at radius 1 is 1.12 bits per heavy atom. The van der Waals surface area contributed by atoms with Crippen molar-refractivity contribution in [2.45, 2.75) is 6.92 Å². The minimum atomic E-state index is -0.544. The fraction of sp³-hybridized carbons (Fsp3) is 0.0800. The summed E-state index contributed by atoms with van der Waals surface area (Å²) in [6.45, 7) is 2.00. The van der Waals surface area contributed by atoms with Crippen LogP contribution >= 0.6 is 11.8 Å². The van der Waals surface area contributed by atoms with Crippen molar-refractivity contribution in [1.82, 2.24) is 5.01 Å². The van der Waals surface area contributed by atoms with E-state index >= 15 is 0 Å². The van der Waals surface area contributed by atoms with Gasteiger partial charge >= 0.3 is 5.97 Å². The van der Waals surface area contributed by atoms with Crippen molar-refractivity contribution in [3.05, 3.63) is 88.7 Å². The second-order valence-corrected chi connectivity index (χ2v) is 8.49. The second-order valence-electron chi connectivity index (χ2n) is 7.53. The fourth-order valence-corrected chi connectivity index (χ4v) is 4.40. The zero-order valence-corrected chi connectivity index (χ0v) is 19.1. The summed E-state index contributed by atoms with van der Waals surface area (Å²) in [5, 5.41) is 15.4. The van der Waals surface area contributed by atoms with Gasteiger partial charge in [0.2, 0.25) is 5.17 Å². The summed E-state index contributed by atoms with van der Waals surface area (Å²) in [6, 6.07) is 18.1. The Morgan fingerprint density at radius 2 is 1.88 bits per heavy atom. The molecule has 1 aromatic heterocycles. The molecule has 0 unspecified atom stereocenters. The number of thioether (sulfide) groups is 1. The molecular formula is C25H18N4O4S. The van der Waals surface area contributed by atoms with E-state index in [1.165, 1.54) is 30.0 Å². The number of furan rings is 1. The molecule has 8 nitrogen and oxygen atoms in total. The third kappa shape index (κ3) is 3.86. The van der Waals surface area contributed by atoms with Crippen LogP contribution in [0.3, 0.4) is 0 Å². The number of esters is 1. The number of benzene rings is 2. The highest BCUT2D eigenvalue weighted by molar-refractivity contribution is 8.27. The molecule has 9 heteroatoms. The summed E-state index contributed by atoms with van der Waals surface area (Å²) in [6.07, 6.45) is 1.46. The first-order valence-corrected chi connectivity index (χ1v) is 11.1. The molecule has 3 heterocycles. The van der Waals surface area contributed by atoms with Crippen LogP contribution in [-0.2, 0) is 9.53 Å². The van der Waals surface area contributed by atoms with Crippen molar-refractivity contribution in [1.29, 1.82) is 5.41 Å². The lowest BCUT2D eigenvalue weighted by atomic mass is 10.1. The number of hydrogen-bond acceptors (Lipinski definition) is 7. The molecule has 168 valence electrons. The van der Waals surface area contributed by atoms with Crippen LogP contribution in [0.1, 0.15) is 27.2 Å². The molecule has 2 aliphatic rings. The standard InChI is InChI=1S/C25H18N4O4S/c1-14-7-9-15(10-8-14)23-28-29-21(26)19(22(30)27-25(29)34-23)13-16-11-12-20(33-16)17-5-3-4-6-18(17)24(31)32-2/h3-13,26H,1-2H3. The molecule has 0 aliphatic carbocycles. The molecule has 34 heavy (non-hydrogen) atoms. The highest BCUT2D eigenvalue weighted by Crippen LogP contribution is 2.32. The number of hydrazone groups is 1. The Hall–Kier alpha value is -4.24. The third-order valence-corrected chi connectivity index (χ3v) is 6.22. The quantitative estimate of drug-likeness (QED) is 0.437. The van der Waals surface area contributed by atoms with Crippen molar-refractivity contribution in [2.75, 3.05) is 7.11 Å². The molecule has 1 N–H and O–H groups in total. The average Bonchev–Trinajstić information content (AvgIpc) is 3.49. The Morgan fingerprint density at radius 3 is 2.65 bits per heavy atom. The molecule has 1 amide bonds. The predicted molar refractivity (Wildman–Crippen MR) is 131 cm³/mol. The molecule has 0 fully saturated rings. The van der Waals surface area contributed by atoms with Gasteiger partial charge in [0.1, 0.15) is 16.6 Å². The number of amides is 1. The number of hydrogen-bond donors (Lipinski definition) is 1. The van der Waals surface area contributed by atoms with E-state index in [9.17, 15) is 9.59 Å². The SMILES string of the molecule is COC(=O)c1ccccc1-c1ccc(C=C2C(=N)N3N=C(c4ccc(C)cc4)SC3=NC2=O)o1. The van der Waals surface area contributed by atoms with Gasteiger partial charge in [0.05, 0.1) is 18.2 Å². The smallest absolute Gasteiger partial charge is 0.338 e. The highest BCUT2D eigenvalue weighted by atomic mass is 32.2. The first-order chi connectivity index (χ1) is 16.4. The molecular weight excluding hydrogens is 452 g/mol. The van der Waals surface area contributed by atoms with Crippen LogP contribution in [0.5, 0.6) is 0 Å². The number of nitrogens with zero attached hydrogens (tertiary/aromatic N) is 3. The molecule has 3 aromatic rings. The van der Waals surface area contributed by atoms with Crippen molar-refractivity contribution in [3.63, 3.8) is 0 Å². The zero-order valence-electron chi connectivity index (χ0n) is 18.2. The molecule has 0 bridgehead atoms. The van der Waals surface area contributed by atoms with Crippen LogP contribution in [0, 0.1) is 12.3 Å². The lowest BCUT2D eigenvalue weighted by molar-refractivity contribution is -0.114. The summed E-state index contributed by atoms with van der Waals surface area (Å²) in [5.41, 5.74) is 3.00. The molecule has 0 saturated heterocycles. The summed E-state index contributed by atoms with van der Waals surface area (Å²) >= 11 is 1.25. The Bertz CT molecular complexity index is 1430. The van der Waals surface area contributed by atoms with Gasteiger partial charge in [0, 0.05) is 11.1 Å². The first kappa shape index (κ1) is 21.6. The van der Waals surface area contributed by atoms with Crippen LogP contribution in [0.25, 0.3) is 17.4 Å². The number of ether oxygens (including phenoxy) is 1. The van der Waals surface area contributed by atoms with Gasteiger partial charge in [-0.3, -0.25) is 10.2 Å². The molecule has 2 aromatic carbocycles. The van der Waals surface area contributed by atoms with Crippen LogP contribution < -0.4 is 0 Å². The topological polar surface area (TPSA) is 108 Å². The fourth-order valence-electron chi connectivity index (χ4n) is 3.51. The Labute approximate surface area is 199 Å². The van der Waals surface area contributed by atoms with Gasteiger partial charge in [-0.15, -0.1) is 0 Å². The van der Waals surface area contributed by atoms with Crippen molar-refractivity contribution >= 4 is 45.8 Å². The number of aryl methyl sites for hydroxylation is 1. The summed E-state index contributed by atoms with van der Waals surface area (Å²) in [7, 11) is 1.32. The molecule has 0 spiro atoms. The Balaban J connectivity index is 1.45. The lowest BCUT2D eigenvalue weighted by Gasteiger charge is -2.19. The number of fused-ring (bicyclic) bond motifs is 1.